The summed E-state index contributed by atoms with van der Waals surface area (Å²) in [6.45, 7) is 3.56. The van der Waals surface area contributed by atoms with E-state index in [2.05, 4.69) is 9.62 Å². The van der Waals surface area contributed by atoms with Gasteiger partial charge in [-0.1, -0.05) is 55.5 Å². The van der Waals surface area contributed by atoms with Crippen LogP contribution in [0.25, 0.3) is 0 Å². The summed E-state index contributed by atoms with van der Waals surface area (Å²) in [4.78, 5) is 30.1. The second kappa shape index (κ2) is 8.37. The van der Waals surface area contributed by atoms with Crippen molar-refractivity contribution in [3.05, 3.63) is 35.4 Å². The van der Waals surface area contributed by atoms with E-state index in [4.69, 9.17) is 4.99 Å². The first-order valence-electron chi connectivity index (χ1n) is 10.5. The molecule has 28 heavy (non-hydrogen) atoms. The smallest absolute Gasteiger partial charge is 0.253 e. The lowest BCUT2D eigenvalue weighted by Gasteiger charge is -2.34. The molecule has 150 valence electrons. The van der Waals surface area contributed by atoms with Crippen LogP contribution in [0.3, 0.4) is 0 Å². The van der Waals surface area contributed by atoms with Crippen molar-refractivity contribution < 1.29 is 9.59 Å². The average Bonchev–Trinajstić information content (AvgIpc) is 3.04. The first-order valence-corrected chi connectivity index (χ1v) is 11.4. The zero-order chi connectivity index (χ0) is 19.6. The summed E-state index contributed by atoms with van der Waals surface area (Å²) in [5, 5.41) is 3.11. The van der Waals surface area contributed by atoms with Crippen molar-refractivity contribution in [2.75, 3.05) is 18.8 Å². The second-order valence-corrected chi connectivity index (χ2v) is 9.32. The van der Waals surface area contributed by atoms with E-state index >= 15 is 0 Å². The van der Waals surface area contributed by atoms with Gasteiger partial charge in [0.25, 0.3) is 5.91 Å². The molecule has 4 rings (SSSR count). The summed E-state index contributed by atoms with van der Waals surface area (Å²) < 4.78 is 2.23. The van der Waals surface area contributed by atoms with E-state index in [-0.39, 0.29) is 11.7 Å². The number of aliphatic imine (C=N–C) groups is 1. The summed E-state index contributed by atoms with van der Waals surface area (Å²) in [6.07, 6.45) is 7.56. The lowest BCUT2D eigenvalue weighted by molar-refractivity contribution is -0.124. The number of hydrogen-bond acceptors (Lipinski definition) is 5. The Bertz CT molecular complexity index is 778. The van der Waals surface area contributed by atoms with E-state index in [1.54, 1.807) is 11.9 Å². The van der Waals surface area contributed by atoms with Crippen LogP contribution in [0.4, 0.5) is 0 Å². The highest BCUT2D eigenvalue weighted by Gasteiger charge is 2.46. The number of Topliss-reactive ketones (excluding diaryl/α,β-unsaturated/α-hetero) is 1. The highest BCUT2D eigenvalue weighted by atomic mass is 32.2. The Hall–Kier alpha value is -1.66. The molecule has 2 fully saturated rings. The molecule has 0 unspecified atom stereocenters. The number of benzene rings is 1. The van der Waals surface area contributed by atoms with Gasteiger partial charge < -0.3 is 5.32 Å². The monoisotopic (exact) mass is 399 g/mol. The SMILES string of the molecule is Cc1ccccc1C(=O)CSN1CCC2(CC1)N=C(C1CCCCC1)NC2=O. The highest BCUT2D eigenvalue weighted by Crippen LogP contribution is 2.35. The molecular weight excluding hydrogens is 370 g/mol. The Morgan fingerprint density at radius 2 is 1.93 bits per heavy atom. The molecule has 0 atom stereocenters. The molecule has 2 aliphatic heterocycles. The molecule has 1 aliphatic carbocycles. The third-order valence-electron chi connectivity index (χ3n) is 6.36. The van der Waals surface area contributed by atoms with Gasteiger partial charge in [-0.3, -0.25) is 18.9 Å². The van der Waals surface area contributed by atoms with Crippen LogP contribution in [-0.4, -0.2) is 46.2 Å². The van der Waals surface area contributed by atoms with Crippen molar-refractivity contribution in [3.63, 3.8) is 0 Å². The number of carbonyl (C=O) groups excluding carboxylic acids is 2. The van der Waals surface area contributed by atoms with Gasteiger partial charge in [-0.05, 0) is 38.2 Å². The molecule has 1 saturated heterocycles. The van der Waals surface area contributed by atoms with Gasteiger partial charge in [0.05, 0.1) is 5.75 Å². The summed E-state index contributed by atoms with van der Waals surface area (Å²) in [6, 6.07) is 7.74. The van der Waals surface area contributed by atoms with Crippen molar-refractivity contribution >= 4 is 29.5 Å². The third kappa shape index (κ3) is 4.03. The summed E-state index contributed by atoms with van der Waals surface area (Å²) in [7, 11) is 0. The van der Waals surface area contributed by atoms with Gasteiger partial charge in [-0.25, -0.2) is 0 Å². The molecule has 3 aliphatic rings. The lowest BCUT2D eigenvalue weighted by Crippen LogP contribution is -2.47. The molecule has 1 spiro atoms. The number of hydrogen-bond donors (Lipinski definition) is 1. The maximum Gasteiger partial charge on any atom is 0.253 e. The fourth-order valence-corrected chi connectivity index (χ4v) is 5.44. The molecule has 1 saturated carbocycles. The Morgan fingerprint density at radius 1 is 1.21 bits per heavy atom. The fraction of sp³-hybridized carbons (Fsp3) is 0.591. The Labute approximate surface area is 171 Å². The van der Waals surface area contributed by atoms with Crippen molar-refractivity contribution in [1.29, 1.82) is 0 Å². The predicted molar refractivity (Wildman–Crippen MR) is 114 cm³/mol. The van der Waals surface area contributed by atoms with Crippen molar-refractivity contribution in [3.8, 4) is 0 Å². The molecule has 0 bridgehead atoms. The zero-order valence-corrected chi connectivity index (χ0v) is 17.4. The molecule has 1 amide bonds. The van der Waals surface area contributed by atoms with Crippen LogP contribution in [0.2, 0.25) is 0 Å². The minimum Gasteiger partial charge on any atom is -0.312 e. The maximum atomic E-state index is 12.7. The number of amides is 1. The number of piperidine rings is 1. The van der Waals surface area contributed by atoms with Crippen molar-refractivity contribution in [2.24, 2.45) is 10.9 Å². The number of carbonyl (C=O) groups is 2. The molecule has 1 aromatic carbocycles. The van der Waals surface area contributed by atoms with E-state index in [0.717, 1.165) is 55.7 Å². The highest BCUT2D eigenvalue weighted by molar-refractivity contribution is 7.97. The van der Waals surface area contributed by atoms with Gasteiger partial charge in [0.2, 0.25) is 0 Å². The first kappa shape index (κ1) is 19.6. The van der Waals surface area contributed by atoms with Gasteiger partial charge in [0.1, 0.15) is 11.4 Å². The first-order chi connectivity index (χ1) is 13.6. The van der Waals surface area contributed by atoms with E-state index in [1.807, 2.05) is 31.2 Å². The largest absolute Gasteiger partial charge is 0.312 e. The lowest BCUT2D eigenvalue weighted by atomic mass is 9.88. The fourth-order valence-electron chi connectivity index (χ4n) is 4.55. The number of nitrogens with zero attached hydrogens (tertiary/aromatic N) is 2. The topological polar surface area (TPSA) is 61.8 Å². The van der Waals surface area contributed by atoms with Crippen LogP contribution in [0.1, 0.15) is 60.9 Å². The standard InChI is InChI=1S/C22H29N3O2S/c1-16-7-5-6-10-18(16)19(26)15-28-25-13-11-22(12-14-25)21(27)23-20(24-22)17-8-3-2-4-9-17/h5-7,10,17H,2-4,8-9,11-15H2,1H3,(H,23,24,27). The van der Waals surface area contributed by atoms with Gasteiger partial charge in [0, 0.05) is 24.6 Å². The Balaban J connectivity index is 1.32. The summed E-state index contributed by atoms with van der Waals surface area (Å²) in [5.74, 6) is 2.09. The number of nitrogens with one attached hydrogen (secondary N) is 1. The minimum atomic E-state index is -0.566. The van der Waals surface area contributed by atoms with E-state index in [1.165, 1.54) is 19.3 Å². The van der Waals surface area contributed by atoms with Gasteiger partial charge in [-0.15, -0.1) is 0 Å². The molecule has 1 N–H and O–H groups in total. The van der Waals surface area contributed by atoms with Crippen molar-refractivity contribution in [2.45, 2.75) is 57.4 Å². The minimum absolute atomic E-state index is 0.0914. The van der Waals surface area contributed by atoms with Crippen LogP contribution in [0.5, 0.6) is 0 Å². The number of rotatable bonds is 5. The van der Waals surface area contributed by atoms with Crippen LogP contribution in [0, 0.1) is 12.8 Å². The third-order valence-corrected chi connectivity index (χ3v) is 7.49. The molecule has 1 aromatic rings. The second-order valence-electron chi connectivity index (χ2n) is 8.26. The average molecular weight is 400 g/mol. The number of ketones is 1. The van der Waals surface area contributed by atoms with E-state index < -0.39 is 5.54 Å². The zero-order valence-electron chi connectivity index (χ0n) is 16.6. The quantitative estimate of drug-likeness (QED) is 0.605. The molecule has 0 aromatic heterocycles. The molecular formula is C22H29N3O2S. The van der Waals surface area contributed by atoms with Crippen LogP contribution in [0.15, 0.2) is 29.3 Å². The van der Waals surface area contributed by atoms with Crippen LogP contribution >= 0.6 is 11.9 Å². The van der Waals surface area contributed by atoms with E-state index in [9.17, 15) is 9.59 Å². The van der Waals surface area contributed by atoms with Crippen LogP contribution in [-0.2, 0) is 4.79 Å². The molecule has 2 heterocycles. The summed E-state index contributed by atoms with van der Waals surface area (Å²) >= 11 is 1.58. The number of amidine groups is 1. The number of aryl methyl sites for hydroxylation is 1. The Kier molecular flexibility index (Phi) is 5.88. The van der Waals surface area contributed by atoms with Crippen LogP contribution < -0.4 is 5.32 Å². The Morgan fingerprint density at radius 3 is 2.64 bits per heavy atom. The van der Waals surface area contributed by atoms with Gasteiger partial charge in [-0.2, -0.15) is 0 Å². The van der Waals surface area contributed by atoms with E-state index in [0.29, 0.717) is 11.7 Å². The predicted octanol–water partition coefficient (Wildman–Crippen LogP) is 3.77. The molecule has 6 heteroatoms. The van der Waals surface area contributed by atoms with Gasteiger partial charge >= 0.3 is 0 Å². The normalized spacial score (nSPS) is 22.9. The molecule has 5 nitrogen and oxygen atoms in total. The summed E-state index contributed by atoms with van der Waals surface area (Å²) in [5.41, 5.74) is 1.27. The molecule has 0 radical (unpaired) electrons. The maximum absolute atomic E-state index is 12.7. The van der Waals surface area contributed by atoms with Crippen molar-refractivity contribution in [1.82, 2.24) is 9.62 Å². The van der Waals surface area contributed by atoms with Gasteiger partial charge in [0.15, 0.2) is 5.78 Å².